The summed E-state index contributed by atoms with van der Waals surface area (Å²) < 4.78 is 76.8. The van der Waals surface area contributed by atoms with Gasteiger partial charge in [0.15, 0.2) is 0 Å². The van der Waals surface area contributed by atoms with E-state index in [0.717, 1.165) is 69.9 Å². The zero-order valence-corrected chi connectivity index (χ0v) is 65.3. The average Bonchev–Trinajstić information content (AvgIpc) is 0.858. The molecule has 0 unspecified atom stereocenters. The van der Waals surface area contributed by atoms with E-state index >= 15 is 24.0 Å². The highest BCUT2D eigenvalue weighted by Crippen LogP contribution is 2.37. The maximum atomic E-state index is 15.5. The van der Waals surface area contributed by atoms with Gasteiger partial charge in [-0.25, -0.2) is 8.78 Å². The molecule has 3 aliphatic heterocycles. The molecule has 0 bridgehead atoms. The standard InChI is InChI=1S/C74H115ClF5N13O13/c1-16-35-106-41-53-67(100)91(15)62(49-25-21-22-26-49)72(105)90(14)58(68(101)84(7)8)39-60(95)87(11)56(36-44(3)4)64(97)83-61(45(5)17-2)71(104)86(10)46(6)65(98)93-34-32-55(93)70(103)89(13)57(38-47-23-19-18-20-24-47)69(102)85(9)40-59(94)81-52(30-28-48-27-29-50(51(75)37-48)74(78,79)80)66(99)88(12)54(63(96)82-53)31-33-92-42-73(76,77)43-92/h27,29,37,44-47,49,52-58,61-62H,16-26,28,30-36,38-43H2,1-15H3,(H,81,94)(H,82,96)(H,83,97)/t45-,46-,52-,53-,54-,55-,56-,57-,58-,61-,62-/m0/s1. The Kier molecular flexibility index (Phi) is 32.0. The summed E-state index contributed by atoms with van der Waals surface area (Å²) in [5, 5.41) is 7.65. The van der Waals surface area contributed by atoms with E-state index in [1.54, 1.807) is 13.8 Å². The zero-order chi connectivity index (χ0) is 79.1. The number of carbonyl (C=O) groups excluding carboxylic acids is 12. The summed E-state index contributed by atoms with van der Waals surface area (Å²) in [6.07, 6.45) is 1.20. The number of hydrogen-bond acceptors (Lipinski definition) is 14. The largest absolute Gasteiger partial charge is 0.417 e. The quantitative estimate of drug-likeness (QED) is 0.124. The van der Waals surface area contributed by atoms with Crippen LogP contribution in [0.15, 0.2) is 18.2 Å². The number of fused-ring (bicyclic) bond motifs is 1. The summed E-state index contributed by atoms with van der Waals surface area (Å²) in [6.45, 7) is 7.91. The Morgan fingerprint density at radius 3 is 1.84 bits per heavy atom. The van der Waals surface area contributed by atoms with Crippen molar-refractivity contribution in [3.8, 4) is 0 Å². The maximum Gasteiger partial charge on any atom is 0.417 e. The fourth-order valence-corrected chi connectivity index (χ4v) is 15.3. The lowest BCUT2D eigenvalue weighted by Gasteiger charge is -2.45. The minimum absolute atomic E-state index is 0.0337. The number of rotatable bonds is 18. The van der Waals surface area contributed by atoms with Crippen LogP contribution in [0.1, 0.15) is 162 Å². The van der Waals surface area contributed by atoms with Crippen molar-refractivity contribution in [1.82, 2.24) is 64.9 Å². The van der Waals surface area contributed by atoms with Crippen LogP contribution in [0.3, 0.4) is 0 Å². The molecule has 1 aromatic rings. The number of benzene rings is 1. The molecule has 2 saturated carbocycles. The molecule has 3 N–H and O–H groups in total. The molecule has 5 aliphatic rings. The minimum Gasteiger partial charge on any atom is -0.379 e. The van der Waals surface area contributed by atoms with Crippen LogP contribution in [0.25, 0.3) is 0 Å². The third-order valence-corrected chi connectivity index (χ3v) is 22.4. The maximum absolute atomic E-state index is 15.5. The van der Waals surface area contributed by atoms with E-state index in [-0.39, 0.29) is 75.6 Å². The van der Waals surface area contributed by atoms with Crippen molar-refractivity contribution in [3.63, 3.8) is 0 Å². The SMILES string of the molecule is CCCOC[C@@H]1NC(=O)[C@H](CCN2CC(F)(F)C2)N(C)C(=O)[C@H](CCc2ccc(C(F)(F)F)c(Cl)c2)NC(=O)CN(C)C(=O)[C@H](CC2CCCCC2)N(C)C(=O)[C@@H]2CCN2C(=O)[C@H](C)N(C)C(=O)[C@H]([C@@H](C)CC)NC(=O)[C@H](CC(C)C)N(C)C(=O)C[C@@H](C(=O)N(C)C)N(C)C(=O)[C@H](C2CCCC2)N(C)C1=O. The normalized spacial score (nSPS) is 27.3. The molecule has 3 saturated heterocycles. The van der Waals surface area contributed by atoms with Gasteiger partial charge in [-0.1, -0.05) is 104 Å². The molecule has 6 rings (SSSR count). The Morgan fingerprint density at radius 1 is 0.679 bits per heavy atom. The first-order valence-corrected chi connectivity index (χ1v) is 37.8. The number of amides is 12. The van der Waals surface area contributed by atoms with Crippen LogP contribution in [-0.4, -0.2) is 296 Å². The highest BCUT2D eigenvalue weighted by molar-refractivity contribution is 6.31. The first-order valence-electron chi connectivity index (χ1n) is 37.5. The van der Waals surface area contributed by atoms with Crippen molar-refractivity contribution in [2.75, 3.05) is 109 Å². The predicted molar refractivity (Wildman–Crippen MR) is 386 cm³/mol. The Balaban J connectivity index is 1.49. The highest BCUT2D eigenvalue weighted by Gasteiger charge is 2.49. The number of likely N-dealkylation sites (tertiary alicyclic amines) is 1. The lowest BCUT2D eigenvalue weighted by Crippen LogP contribution is -2.65. The number of hydrogen-bond donors (Lipinski definition) is 3. The number of alkyl halides is 5. The van der Waals surface area contributed by atoms with Crippen molar-refractivity contribution in [2.24, 2.45) is 23.7 Å². The Bertz CT molecular complexity index is 3280. The molecule has 0 radical (unpaired) electrons. The monoisotopic (exact) mass is 1520 g/mol. The number of likely N-dealkylation sites (N-methyl/N-ethyl adjacent to an activating group) is 8. The summed E-state index contributed by atoms with van der Waals surface area (Å²) >= 11 is 6.16. The third-order valence-electron chi connectivity index (χ3n) is 22.1. The van der Waals surface area contributed by atoms with E-state index in [2.05, 4.69) is 16.0 Å². The summed E-state index contributed by atoms with van der Waals surface area (Å²) in [5.74, 6) is -13.5. The molecule has 12 amide bonds. The van der Waals surface area contributed by atoms with Crippen LogP contribution in [0, 0.1) is 23.7 Å². The van der Waals surface area contributed by atoms with Crippen LogP contribution in [0.2, 0.25) is 5.02 Å². The average molecular weight is 1530 g/mol. The number of ether oxygens (including phenoxy) is 1. The van der Waals surface area contributed by atoms with Crippen LogP contribution < -0.4 is 16.0 Å². The van der Waals surface area contributed by atoms with Crippen LogP contribution in [0.4, 0.5) is 22.0 Å². The fraction of sp³-hybridized carbons (Fsp3) is 0.757. The fourth-order valence-electron chi connectivity index (χ4n) is 15.0. The molecule has 2 aliphatic carbocycles. The summed E-state index contributed by atoms with van der Waals surface area (Å²) in [5.41, 5.74) is -0.932. The van der Waals surface area contributed by atoms with Gasteiger partial charge in [-0.15, -0.1) is 0 Å². The molecular weight excluding hydrogens is 1410 g/mol. The Hall–Kier alpha value is -7.28. The second-order valence-electron chi connectivity index (χ2n) is 30.6. The predicted octanol–water partition coefficient (Wildman–Crippen LogP) is 5.30. The number of nitrogens with zero attached hydrogens (tertiary/aromatic N) is 10. The Labute approximate surface area is 626 Å². The lowest BCUT2D eigenvalue weighted by atomic mass is 9.84. The van der Waals surface area contributed by atoms with Gasteiger partial charge < -0.3 is 64.8 Å². The molecule has 26 nitrogen and oxygen atoms in total. The number of nitrogens with one attached hydrogen (secondary N) is 3. The van der Waals surface area contributed by atoms with E-state index in [1.165, 1.54) is 99.8 Å². The van der Waals surface area contributed by atoms with Gasteiger partial charge in [-0.05, 0) is 106 Å². The van der Waals surface area contributed by atoms with Crippen molar-refractivity contribution >= 4 is 82.5 Å². The zero-order valence-electron chi connectivity index (χ0n) is 64.5. The van der Waals surface area contributed by atoms with Gasteiger partial charge in [0, 0.05) is 83.1 Å². The number of halogens is 6. The molecule has 5 fully saturated rings. The first kappa shape index (κ1) is 87.6. The highest BCUT2D eigenvalue weighted by atomic mass is 35.5. The van der Waals surface area contributed by atoms with Gasteiger partial charge in [0.2, 0.25) is 70.9 Å². The second-order valence-corrected chi connectivity index (χ2v) is 31.1. The molecule has 32 heteroatoms. The van der Waals surface area contributed by atoms with E-state index in [0.29, 0.717) is 38.5 Å². The van der Waals surface area contributed by atoms with Gasteiger partial charge in [0.1, 0.15) is 60.4 Å². The van der Waals surface area contributed by atoms with Crippen molar-refractivity contribution in [3.05, 3.63) is 34.3 Å². The smallest absolute Gasteiger partial charge is 0.379 e. The molecule has 11 atom stereocenters. The van der Waals surface area contributed by atoms with Crippen LogP contribution in [-0.2, 0) is 74.9 Å². The second kappa shape index (κ2) is 38.7. The molecular formula is C74H115ClF5N13O13. The molecule has 106 heavy (non-hydrogen) atoms. The molecule has 0 aromatic heterocycles. The molecule has 1 aromatic carbocycles. The summed E-state index contributed by atoms with van der Waals surface area (Å²) in [4.78, 5) is 192. The number of carbonyl (C=O) groups is 12. The van der Waals surface area contributed by atoms with E-state index in [1.807, 2.05) is 20.8 Å². The first-order chi connectivity index (χ1) is 49.7. The number of aryl methyl sites for hydroxylation is 1. The van der Waals surface area contributed by atoms with Gasteiger partial charge in [0.05, 0.1) is 43.2 Å². The molecule has 596 valence electrons. The lowest BCUT2D eigenvalue weighted by molar-refractivity contribution is -0.160. The topological polar surface area (TPSA) is 283 Å². The van der Waals surface area contributed by atoms with Gasteiger partial charge >= 0.3 is 6.18 Å². The van der Waals surface area contributed by atoms with E-state index in [4.69, 9.17) is 16.3 Å². The van der Waals surface area contributed by atoms with Gasteiger partial charge in [-0.2, -0.15) is 13.2 Å². The minimum atomic E-state index is -4.82. The van der Waals surface area contributed by atoms with Gasteiger partial charge in [-0.3, -0.25) is 62.4 Å². The van der Waals surface area contributed by atoms with Crippen LogP contribution in [0.5, 0.6) is 0 Å². The molecule has 3 heterocycles. The van der Waals surface area contributed by atoms with Crippen LogP contribution >= 0.6 is 11.6 Å². The third kappa shape index (κ3) is 22.4. The van der Waals surface area contributed by atoms with E-state index < -0.39 is 198 Å². The van der Waals surface area contributed by atoms with Gasteiger partial charge in [0.25, 0.3) is 5.92 Å². The molecule has 0 spiro atoms. The van der Waals surface area contributed by atoms with Crippen molar-refractivity contribution in [2.45, 2.75) is 230 Å². The van der Waals surface area contributed by atoms with Crippen molar-refractivity contribution < 1.29 is 84.2 Å². The Morgan fingerprint density at radius 2 is 1.28 bits per heavy atom. The van der Waals surface area contributed by atoms with Crippen molar-refractivity contribution in [1.29, 1.82) is 0 Å². The summed E-state index contributed by atoms with van der Waals surface area (Å²) in [7, 11) is 12.3. The van der Waals surface area contributed by atoms with E-state index in [9.17, 15) is 55.5 Å². The summed E-state index contributed by atoms with van der Waals surface area (Å²) in [6, 6.07) is -10.8.